The monoisotopic (exact) mass is 1190 g/mol. The van der Waals surface area contributed by atoms with Gasteiger partial charge in [0.25, 0.3) is 10.1 Å². The highest BCUT2D eigenvalue weighted by Gasteiger charge is 2.66. The van der Waals surface area contributed by atoms with Crippen LogP contribution in [-0.4, -0.2) is 102 Å². The minimum Gasteiger partial charge on any atom is -0.459 e. The van der Waals surface area contributed by atoms with Gasteiger partial charge >= 0.3 is 35.9 Å². The van der Waals surface area contributed by atoms with Gasteiger partial charge in [0.2, 0.25) is 0 Å². The van der Waals surface area contributed by atoms with Gasteiger partial charge in [0.05, 0.1) is 32.5 Å². The number of carbonyl (C=O) groups excluding carboxylic acids is 6. The molecule has 15 fully saturated rings. The van der Waals surface area contributed by atoms with Crippen LogP contribution in [0.2, 0.25) is 0 Å². The van der Waals surface area contributed by atoms with E-state index in [4.69, 9.17) is 38.3 Å². The SMILES string of the molecule is CCC(C)(C)C(=O)OC1(C)C2CC3CC(C2)CC1C3.CCC(C)(C)C(=O)OC12CC3CC(CC(O)(C3)C1)C2.CCC(C)(C)C(=O)OC12CC3CC(CC(OC(N)=O)(C3)C1)C2.CCC(C)(C)C(=O)OCC(=O)OC1C2CC3C1OS(=O)(=O)C3C2. The Hall–Kier alpha value is -3.51. The van der Waals surface area contributed by atoms with Gasteiger partial charge in [-0.05, 0) is 244 Å². The molecule has 0 aromatic rings. The zero-order valence-electron chi connectivity index (χ0n) is 52.5. The van der Waals surface area contributed by atoms with Crippen LogP contribution in [0.25, 0.3) is 0 Å². The van der Waals surface area contributed by atoms with Gasteiger partial charge in [0.15, 0.2) is 6.61 Å². The van der Waals surface area contributed by atoms with E-state index >= 15 is 0 Å². The quantitative estimate of drug-likeness (QED) is 0.0879. The van der Waals surface area contributed by atoms with E-state index < -0.39 is 85.3 Å². The number of carbonyl (C=O) groups is 6. The van der Waals surface area contributed by atoms with Crippen LogP contribution in [0.5, 0.6) is 0 Å². The molecule has 1 amide bonds. The summed E-state index contributed by atoms with van der Waals surface area (Å²) in [6, 6.07) is 0. The van der Waals surface area contributed by atoms with Gasteiger partial charge in [0.1, 0.15) is 34.6 Å². The topological polar surface area (TPSA) is 247 Å². The first-order chi connectivity index (χ1) is 38.4. The van der Waals surface area contributed by atoms with Gasteiger partial charge in [0, 0.05) is 24.7 Å². The third-order valence-electron chi connectivity index (χ3n) is 23.7. The summed E-state index contributed by atoms with van der Waals surface area (Å²) in [5.74, 6) is 3.78. The summed E-state index contributed by atoms with van der Waals surface area (Å²) in [7, 11) is -3.53. The molecule has 0 aromatic carbocycles. The summed E-state index contributed by atoms with van der Waals surface area (Å²) < 4.78 is 62.8. The number of primary amides is 1. The fraction of sp³-hybridized carbons (Fsp3) is 0.908. The first-order valence-corrected chi connectivity index (χ1v) is 33.6. The summed E-state index contributed by atoms with van der Waals surface area (Å²) in [5.41, 5.74) is 1.37. The largest absolute Gasteiger partial charge is 0.459 e. The van der Waals surface area contributed by atoms with Crippen molar-refractivity contribution in [2.24, 2.45) is 86.6 Å². The fourth-order valence-electron chi connectivity index (χ4n) is 18.2. The van der Waals surface area contributed by atoms with E-state index in [1.807, 2.05) is 62.3 Å². The summed E-state index contributed by atoms with van der Waals surface area (Å²) >= 11 is 0. The molecule has 0 radical (unpaired) electrons. The Morgan fingerprint density at radius 2 is 0.928 bits per heavy atom. The number of nitrogens with two attached hydrogens (primary N) is 1. The normalized spacial score (nSPS) is 41.1. The molecule has 14 saturated carbocycles. The lowest BCUT2D eigenvalue weighted by Gasteiger charge is -2.60. The maximum Gasteiger partial charge on any atom is 0.405 e. The third kappa shape index (κ3) is 12.9. The molecular weight excluding hydrogens is 1080 g/mol. The Kier molecular flexibility index (Phi) is 17.4. The first-order valence-electron chi connectivity index (χ1n) is 32.1. The molecule has 18 heteroatoms. The molecule has 1 saturated heterocycles. The van der Waals surface area contributed by atoms with E-state index in [1.165, 1.54) is 38.5 Å². The lowest BCUT2D eigenvalue weighted by atomic mass is 9.50. The molecule has 0 aromatic heterocycles. The molecule has 15 aliphatic rings. The van der Waals surface area contributed by atoms with Crippen LogP contribution in [0, 0.1) is 80.8 Å². The van der Waals surface area contributed by atoms with E-state index in [-0.39, 0.29) is 46.4 Å². The van der Waals surface area contributed by atoms with Crippen molar-refractivity contribution >= 4 is 46.1 Å². The highest BCUT2D eigenvalue weighted by Crippen LogP contribution is 2.63. The van der Waals surface area contributed by atoms with Crippen molar-refractivity contribution in [1.29, 1.82) is 0 Å². The molecule has 1 aliphatic heterocycles. The van der Waals surface area contributed by atoms with Gasteiger partial charge in [-0.25, -0.2) is 9.59 Å². The highest BCUT2D eigenvalue weighted by molar-refractivity contribution is 7.87. The van der Waals surface area contributed by atoms with Gasteiger partial charge in [-0.3, -0.25) is 23.4 Å². The molecule has 15 rings (SSSR count). The van der Waals surface area contributed by atoms with Gasteiger partial charge in [-0.2, -0.15) is 8.42 Å². The van der Waals surface area contributed by atoms with Crippen LogP contribution in [0.1, 0.15) is 238 Å². The summed E-state index contributed by atoms with van der Waals surface area (Å²) in [4.78, 5) is 72.5. The Morgan fingerprint density at radius 3 is 1.36 bits per heavy atom. The molecule has 0 spiro atoms. The van der Waals surface area contributed by atoms with Crippen molar-refractivity contribution in [3.05, 3.63) is 0 Å². The predicted molar refractivity (Wildman–Crippen MR) is 308 cm³/mol. The summed E-state index contributed by atoms with van der Waals surface area (Å²) in [5, 5.41) is 10.2. The molecule has 3 N–H and O–H groups in total. The second-order valence-corrected chi connectivity index (χ2v) is 33.5. The van der Waals surface area contributed by atoms with Gasteiger partial charge < -0.3 is 39.3 Å². The van der Waals surface area contributed by atoms with E-state index in [1.54, 1.807) is 13.8 Å². The number of amides is 1. The number of aliphatic hydroxyl groups is 1. The molecule has 1 heterocycles. The fourth-order valence-corrected chi connectivity index (χ4v) is 20.1. The Labute approximate surface area is 495 Å². The first kappa shape index (κ1) is 64.0. The Balaban J connectivity index is 0.000000133. The second-order valence-electron chi connectivity index (χ2n) is 31.7. The highest BCUT2D eigenvalue weighted by atomic mass is 32.2. The molecule has 14 aliphatic carbocycles. The molecule has 9 unspecified atom stereocenters. The minimum absolute atomic E-state index is 0.0130. The lowest BCUT2D eigenvalue weighted by Crippen LogP contribution is -2.62. The molecule has 14 bridgehead atoms. The van der Waals surface area contributed by atoms with E-state index in [0.717, 1.165) is 88.9 Å². The number of hydrogen-bond acceptors (Lipinski definition) is 16. The minimum atomic E-state index is -3.53. The van der Waals surface area contributed by atoms with Crippen LogP contribution >= 0.6 is 0 Å². The van der Waals surface area contributed by atoms with Crippen LogP contribution in [0.15, 0.2) is 0 Å². The Morgan fingerprint density at radius 1 is 0.530 bits per heavy atom. The zero-order chi connectivity index (χ0) is 60.9. The molecule has 9 atom stereocenters. The number of ether oxygens (including phenoxy) is 6. The van der Waals surface area contributed by atoms with Crippen molar-refractivity contribution in [3.8, 4) is 0 Å². The average Bonchev–Trinajstić information content (AvgIpc) is 4.11. The number of hydrogen-bond donors (Lipinski definition) is 2. The van der Waals surface area contributed by atoms with E-state index in [9.17, 15) is 42.3 Å². The molecule has 83 heavy (non-hydrogen) atoms. The van der Waals surface area contributed by atoms with Crippen LogP contribution in [0.3, 0.4) is 0 Å². The predicted octanol–water partition coefficient (Wildman–Crippen LogP) is 11.4. The zero-order valence-corrected chi connectivity index (χ0v) is 53.3. The molecule has 17 nitrogen and oxygen atoms in total. The maximum atomic E-state index is 12.6. The second kappa shape index (κ2) is 22.6. The number of rotatable bonds is 15. The standard InChI is InChI=1S/C17H27NO4.C17H28O2.C16H26O3.C15H22O7S/c1-4-15(2,3)13(19)21-16-6-11-5-12(7-16)9-17(8-11,10-16)22-14(18)20;1-5-16(2,3)15(18)19-17(4)13-7-11-6-12(9-13)10-14(17)8-11;1-4-14(2,3)13(17)19-16-8-11-5-12(9-16)7-15(18,6-11)10-16;1-4-15(2,3)14(17)20-7-11(16)21-12-8-5-9-10(6-8)23(18,19)22-13(9)12/h11-12H,4-10H2,1-3H3,(H2,18,20);11-14H,5-10H2,1-4H3;11-12,18H,4-10H2,1-3H3;8-10,12-13H,4-7H2,1-3H3. The van der Waals surface area contributed by atoms with Crippen molar-refractivity contribution in [2.75, 3.05) is 6.61 Å². The van der Waals surface area contributed by atoms with E-state index in [2.05, 4.69) is 13.8 Å². The molecular formula is C65H103NO16S. The lowest BCUT2D eigenvalue weighted by molar-refractivity contribution is -0.226. The van der Waals surface area contributed by atoms with E-state index in [0.29, 0.717) is 67.6 Å². The van der Waals surface area contributed by atoms with Crippen LogP contribution in [0.4, 0.5) is 4.79 Å². The summed E-state index contributed by atoms with van der Waals surface area (Å²) in [6.45, 7) is 25.0. The third-order valence-corrected chi connectivity index (χ3v) is 25.5. The van der Waals surface area contributed by atoms with Gasteiger partial charge in [-0.1, -0.05) is 27.7 Å². The number of fused-ring (bicyclic) bond motifs is 1. The van der Waals surface area contributed by atoms with Crippen LogP contribution < -0.4 is 5.73 Å². The van der Waals surface area contributed by atoms with Crippen LogP contribution in [-0.2, 0) is 66.7 Å². The smallest absolute Gasteiger partial charge is 0.405 e. The summed E-state index contributed by atoms with van der Waals surface area (Å²) in [6.07, 6.45) is 19.9. The molecule has 470 valence electrons. The number of esters is 5. The van der Waals surface area contributed by atoms with Crippen molar-refractivity contribution in [2.45, 2.75) is 283 Å². The van der Waals surface area contributed by atoms with Crippen molar-refractivity contribution in [3.63, 3.8) is 0 Å². The Bertz CT molecular complexity index is 2550. The average molecular weight is 1190 g/mol. The van der Waals surface area contributed by atoms with Gasteiger partial charge in [-0.15, -0.1) is 0 Å². The van der Waals surface area contributed by atoms with Crippen molar-refractivity contribution in [1.82, 2.24) is 0 Å². The maximum absolute atomic E-state index is 12.6. The van der Waals surface area contributed by atoms with Crippen molar-refractivity contribution < 1.29 is 74.9 Å².